The van der Waals surface area contributed by atoms with Crippen molar-refractivity contribution in [2.45, 2.75) is 82.0 Å². The number of benzene rings is 1. The molecule has 4 aliphatic rings. The monoisotopic (exact) mass is 500 g/mol. The molecule has 1 aromatic carbocycles. The van der Waals surface area contributed by atoms with Gasteiger partial charge in [-0.25, -0.2) is 4.98 Å². The highest BCUT2D eigenvalue weighted by Crippen LogP contribution is 2.45. The fourth-order valence-corrected chi connectivity index (χ4v) is 8.13. The quantitative estimate of drug-likeness (QED) is 0.572. The van der Waals surface area contributed by atoms with Crippen LogP contribution in [-0.2, 0) is 4.74 Å². The van der Waals surface area contributed by atoms with Gasteiger partial charge in [0.2, 0.25) is 0 Å². The number of pyridine rings is 1. The molecule has 2 aliphatic heterocycles. The van der Waals surface area contributed by atoms with Gasteiger partial charge in [-0.1, -0.05) is 37.8 Å². The molecule has 6 atom stereocenters. The minimum absolute atomic E-state index is 0.0583. The van der Waals surface area contributed by atoms with E-state index in [0.717, 1.165) is 48.9 Å². The maximum Gasteiger partial charge on any atom is 0.278 e. The summed E-state index contributed by atoms with van der Waals surface area (Å²) in [6, 6.07) is 12.6. The van der Waals surface area contributed by atoms with Gasteiger partial charge in [-0.15, -0.1) is 0 Å². The van der Waals surface area contributed by atoms with Crippen LogP contribution in [0, 0.1) is 11.8 Å². The van der Waals surface area contributed by atoms with E-state index in [4.69, 9.17) is 4.74 Å². The van der Waals surface area contributed by atoms with Crippen LogP contribution in [0.2, 0.25) is 0 Å². The number of rotatable bonds is 3. The number of fused-ring (bicyclic) bond motifs is 5. The van der Waals surface area contributed by atoms with Gasteiger partial charge in [0.05, 0.1) is 29.8 Å². The molecule has 7 nitrogen and oxygen atoms in total. The average Bonchev–Trinajstić information content (AvgIpc) is 3.07. The van der Waals surface area contributed by atoms with Crippen LogP contribution in [0.4, 0.5) is 0 Å². The zero-order chi connectivity index (χ0) is 24.9. The maximum absolute atomic E-state index is 14.0. The van der Waals surface area contributed by atoms with Crippen LogP contribution in [0.1, 0.15) is 63.8 Å². The summed E-state index contributed by atoms with van der Waals surface area (Å²) in [7, 11) is 0. The van der Waals surface area contributed by atoms with E-state index in [-0.39, 0.29) is 22.9 Å². The van der Waals surface area contributed by atoms with Crippen LogP contribution in [0.3, 0.4) is 0 Å². The Balaban J connectivity index is 1.26. The molecule has 2 aromatic heterocycles. The molecule has 7 rings (SSSR count). The molecule has 2 aliphatic carbocycles. The lowest BCUT2D eigenvalue weighted by atomic mass is 9.75. The van der Waals surface area contributed by atoms with Crippen molar-refractivity contribution in [2.75, 3.05) is 13.2 Å². The fraction of sp³-hybridized carbons (Fsp3) is 0.567. The molecule has 0 spiro atoms. The highest BCUT2D eigenvalue weighted by Gasteiger charge is 2.45. The lowest BCUT2D eigenvalue weighted by molar-refractivity contribution is -0.116. The Kier molecular flexibility index (Phi) is 6.01. The van der Waals surface area contributed by atoms with E-state index in [9.17, 15) is 9.59 Å². The number of aromatic nitrogens is 3. The summed E-state index contributed by atoms with van der Waals surface area (Å²) in [5.41, 5.74) is 1.72. The molecule has 4 fully saturated rings. The predicted octanol–water partition coefficient (Wildman–Crippen LogP) is 4.52. The molecule has 0 amide bonds. The van der Waals surface area contributed by atoms with Crippen LogP contribution in [0.15, 0.2) is 52.2 Å². The maximum atomic E-state index is 14.0. The summed E-state index contributed by atoms with van der Waals surface area (Å²) in [5, 5.41) is 0. The minimum atomic E-state index is -0.284. The zero-order valence-corrected chi connectivity index (χ0v) is 21.4. The third-order valence-electron chi connectivity index (χ3n) is 9.56. The van der Waals surface area contributed by atoms with E-state index in [2.05, 4.69) is 14.9 Å². The first kappa shape index (κ1) is 23.4. The van der Waals surface area contributed by atoms with Crippen molar-refractivity contribution in [1.29, 1.82) is 0 Å². The SMILES string of the molecule is O=c1[nH]cccc1-c1nc2ccccc2n(C2C[C@H]3COC[C@@H](C2)N3C2C[C@H]3CCCC[C@@H](C2)C3)c1=O. The number of H-pyrrole nitrogens is 1. The number of hydrogen-bond donors (Lipinski definition) is 1. The molecule has 37 heavy (non-hydrogen) atoms. The predicted molar refractivity (Wildman–Crippen MR) is 144 cm³/mol. The zero-order valence-electron chi connectivity index (χ0n) is 21.4. The first-order chi connectivity index (χ1) is 18.2. The van der Waals surface area contributed by atoms with Gasteiger partial charge in [0.25, 0.3) is 11.1 Å². The van der Waals surface area contributed by atoms with Gasteiger partial charge in [-0.3, -0.25) is 14.5 Å². The van der Waals surface area contributed by atoms with Crippen LogP contribution >= 0.6 is 0 Å². The van der Waals surface area contributed by atoms with Gasteiger partial charge in [0.15, 0.2) is 0 Å². The Hall–Kier alpha value is -2.77. The lowest BCUT2D eigenvalue weighted by Crippen LogP contribution is -2.62. The number of ether oxygens (including phenoxy) is 1. The normalized spacial score (nSPS) is 32.2. The third-order valence-corrected chi connectivity index (χ3v) is 9.56. The van der Waals surface area contributed by atoms with Crippen LogP contribution in [0.25, 0.3) is 22.3 Å². The van der Waals surface area contributed by atoms with Crippen molar-refractivity contribution < 1.29 is 4.74 Å². The summed E-state index contributed by atoms with van der Waals surface area (Å²) in [5.74, 6) is 1.76. The molecule has 4 heterocycles. The summed E-state index contributed by atoms with van der Waals surface area (Å²) >= 11 is 0. The highest BCUT2D eigenvalue weighted by molar-refractivity contribution is 5.77. The van der Waals surface area contributed by atoms with Gasteiger partial charge >= 0.3 is 0 Å². The van der Waals surface area contributed by atoms with Gasteiger partial charge in [-0.2, -0.15) is 0 Å². The fourth-order valence-electron chi connectivity index (χ4n) is 8.13. The molecule has 194 valence electrons. The van der Waals surface area contributed by atoms with Crippen molar-refractivity contribution >= 4 is 11.0 Å². The third kappa shape index (κ3) is 4.16. The second kappa shape index (κ2) is 9.52. The number of piperidine rings is 1. The van der Waals surface area contributed by atoms with Crippen LogP contribution in [-0.4, -0.2) is 50.8 Å². The largest absolute Gasteiger partial charge is 0.378 e. The van der Waals surface area contributed by atoms with E-state index in [1.54, 1.807) is 18.3 Å². The Labute approximate surface area is 216 Å². The number of nitrogens with zero attached hydrogens (tertiary/aromatic N) is 3. The summed E-state index contributed by atoms with van der Waals surface area (Å²) in [6.45, 7) is 1.48. The van der Waals surface area contributed by atoms with Crippen LogP contribution in [0.5, 0.6) is 0 Å². The topological polar surface area (TPSA) is 80.2 Å². The Morgan fingerprint density at radius 2 is 1.54 bits per heavy atom. The van der Waals surface area contributed by atoms with Crippen molar-refractivity contribution in [3.05, 3.63) is 63.3 Å². The van der Waals surface area contributed by atoms with E-state index < -0.39 is 0 Å². The second-order valence-corrected chi connectivity index (χ2v) is 11.8. The lowest BCUT2D eigenvalue weighted by Gasteiger charge is -2.54. The molecule has 3 aromatic rings. The van der Waals surface area contributed by atoms with E-state index in [0.29, 0.717) is 23.7 Å². The molecular formula is C30H36N4O3. The Morgan fingerprint density at radius 1 is 0.811 bits per heavy atom. The number of nitrogens with one attached hydrogen (secondary N) is 1. The Bertz CT molecular complexity index is 1390. The van der Waals surface area contributed by atoms with E-state index in [1.165, 1.54) is 44.9 Å². The molecule has 0 radical (unpaired) electrons. The van der Waals surface area contributed by atoms with E-state index in [1.807, 2.05) is 28.8 Å². The van der Waals surface area contributed by atoms with Crippen molar-refractivity contribution in [1.82, 2.24) is 19.4 Å². The summed E-state index contributed by atoms with van der Waals surface area (Å²) in [4.78, 5) is 36.8. The number of para-hydroxylation sites is 2. The first-order valence-electron chi connectivity index (χ1n) is 14.2. The molecule has 2 saturated carbocycles. The number of morpholine rings is 1. The van der Waals surface area contributed by atoms with Gasteiger partial charge < -0.3 is 14.3 Å². The number of hydrogen-bond acceptors (Lipinski definition) is 5. The Morgan fingerprint density at radius 3 is 2.27 bits per heavy atom. The first-order valence-corrected chi connectivity index (χ1v) is 14.2. The van der Waals surface area contributed by atoms with E-state index >= 15 is 0 Å². The molecule has 2 saturated heterocycles. The smallest absolute Gasteiger partial charge is 0.278 e. The van der Waals surface area contributed by atoms with Crippen molar-refractivity contribution in [2.24, 2.45) is 11.8 Å². The molecule has 7 heteroatoms. The number of aromatic amines is 1. The second-order valence-electron chi connectivity index (χ2n) is 11.8. The highest BCUT2D eigenvalue weighted by atomic mass is 16.5. The van der Waals surface area contributed by atoms with Gasteiger partial charge in [-0.05, 0) is 68.2 Å². The molecule has 2 unspecified atom stereocenters. The van der Waals surface area contributed by atoms with Crippen molar-refractivity contribution in [3.63, 3.8) is 0 Å². The van der Waals surface area contributed by atoms with Gasteiger partial charge in [0, 0.05) is 30.4 Å². The van der Waals surface area contributed by atoms with Crippen molar-refractivity contribution in [3.8, 4) is 11.3 Å². The van der Waals surface area contributed by atoms with Crippen LogP contribution < -0.4 is 11.1 Å². The summed E-state index contributed by atoms with van der Waals surface area (Å²) < 4.78 is 8.05. The molecular weight excluding hydrogens is 464 g/mol. The molecule has 1 N–H and O–H groups in total. The van der Waals surface area contributed by atoms with Gasteiger partial charge in [0.1, 0.15) is 5.69 Å². The summed E-state index contributed by atoms with van der Waals surface area (Å²) in [6.07, 6.45) is 13.0. The minimum Gasteiger partial charge on any atom is -0.378 e. The standard InChI is InChI=1S/C30H36N4O3/c35-29-25(8-5-11-31-29)28-30(36)34(27-10-4-3-9-26(27)32-28)22-15-23-17-37-18-24(16-22)33(23)21-13-19-6-1-2-7-20(12-19)14-21/h3-5,8-11,19-24H,1-2,6-7,12-18H2,(H,31,35)/t19-,20+,21?,22?,23-,24+. The molecule has 4 bridgehead atoms. The average molecular weight is 501 g/mol.